The van der Waals surface area contributed by atoms with E-state index in [1.165, 1.54) is 0 Å². The second kappa shape index (κ2) is 6.30. The van der Waals surface area contributed by atoms with Crippen LogP contribution in [0.25, 0.3) is 0 Å². The van der Waals surface area contributed by atoms with E-state index in [-0.39, 0.29) is 17.3 Å². The average Bonchev–Trinajstić information content (AvgIpc) is 2.50. The number of carboxylic acids is 1. The van der Waals surface area contributed by atoms with Gasteiger partial charge in [0.25, 0.3) is 0 Å². The van der Waals surface area contributed by atoms with Gasteiger partial charge in [-0.05, 0) is 69.6 Å². The van der Waals surface area contributed by atoms with E-state index >= 15 is 0 Å². The van der Waals surface area contributed by atoms with Crippen LogP contribution in [-0.4, -0.2) is 33.0 Å². The van der Waals surface area contributed by atoms with Crippen molar-refractivity contribution in [1.82, 2.24) is 0 Å². The SMILES string of the molecule is C=CC(C)(O)CCC1C(=C)CCC2C1(C)CCC(O)C2(C)C(=O)O. The van der Waals surface area contributed by atoms with Crippen LogP contribution in [0, 0.1) is 22.7 Å². The Labute approximate surface area is 145 Å². The first-order valence-electron chi connectivity index (χ1n) is 8.94. The summed E-state index contributed by atoms with van der Waals surface area (Å²) in [7, 11) is 0. The van der Waals surface area contributed by atoms with Gasteiger partial charge in [-0.15, -0.1) is 6.58 Å². The Balaban J connectivity index is 2.34. The van der Waals surface area contributed by atoms with Crippen molar-refractivity contribution >= 4 is 5.97 Å². The summed E-state index contributed by atoms with van der Waals surface area (Å²) in [5.41, 5.74) is -1.10. The van der Waals surface area contributed by atoms with Gasteiger partial charge in [0.1, 0.15) is 0 Å². The molecule has 0 aromatic heterocycles. The summed E-state index contributed by atoms with van der Waals surface area (Å²) in [5, 5.41) is 30.6. The number of hydrogen-bond acceptors (Lipinski definition) is 3. The van der Waals surface area contributed by atoms with Crippen LogP contribution in [-0.2, 0) is 4.79 Å². The van der Waals surface area contributed by atoms with Crippen molar-refractivity contribution in [3.8, 4) is 0 Å². The molecule has 136 valence electrons. The number of aliphatic hydroxyl groups excluding tert-OH is 1. The van der Waals surface area contributed by atoms with Gasteiger partial charge in [0.2, 0.25) is 0 Å². The van der Waals surface area contributed by atoms with Crippen molar-refractivity contribution in [3.63, 3.8) is 0 Å². The summed E-state index contributed by atoms with van der Waals surface area (Å²) < 4.78 is 0. The van der Waals surface area contributed by atoms with Gasteiger partial charge in [-0.25, -0.2) is 0 Å². The molecule has 24 heavy (non-hydrogen) atoms. The summed E-state index contributed by atoms with van der Waals surface area (Å²) in [6.07, 6.45) is 4.92. The van der Waals surface area contributed by atoms with E-state index in [4.69, 9.17) is 0 Å². The molecule has 3 N–H and O–H groups in total. The molecule has 6 atom stereocenters. The zero-order valence-corrected chi connectivity index (χ0v) is 15.2. The Hall–Kier alpha value is -1.13. The van der Waals surface area contributed by atoms with E-state index in [9.17, 15) is 20.1 Å². The first-order chi connectivity index (χ1) is 11.0. The number of rotatable bonds is 5. The van der Waals surface area contributed by atoms with Crippen molar-refractivity contribution in [2.45, 2.75) is 71.0 Å². The number of aliphatic hydroxyl groups is 2. The molecule has 2 saturated carbocycles. The van der Waals surface area contributed by atoms with E-state index < -0.39 is 23.1 Å². The van der Waals surface area contributed by atoms with Crippen LogP contribution < -0.4 is 0 Å². The molecular weight excluding hydrogens is 304 g/mol. The molecule has 0 heterocycles. The molecule has 0 saturated heterocycles. The zero-order valence-electron chi connectivity index (χ0n) is 15.2. The first kappa shape index (κ1) is 19.2. The van der Waals surface area contributed by atoms with Crippen LogP contribution in [0.4, 0.5) is 0 Å². The molecule has 0 aromatic carbocycles. The monoisotopic (exact) mass is 336 g/mol. The van der Waals surface area contributed by atoms with Gasteiger partial charge >= 0.3 is 5.97 Å². The number of hydrogen-bond donors (Lipinski definition) is 3. The predicted octanol–water partition coefficient (Wildman–Crippen LogP) is 3.54. The van der Waals surface area contributed by atoms with Gasteiger partial charge in [-0.1, -0.05) is 25.2 Å². The predicted molar refractivity (Wildman–Crippen MR) is 94.5 cm³/mol. The number of carbonyl (C=O) groups is 1. The topological polar surface area (TPSA) is 77.8 Å². The van der Waals surface area contributed by atoms with Crippen molar-refractivity contribution in [2.75, 3.05) is 0 Å². The number of fused-ring (bicyclic) bond motifs is 1. The van der Waals surface area contributed by atoms with Crippen molar-refractivity contribution in [3.05, 3.63) is 24.8 Å². The zero-order chi connectivity index (χ0) is 18.3. The number of aliphatic carboxylic acids is 1. The third-order valence-corrected chi connectivity index (χ3v) is 7.05. The third kappa shape index (κ3) is 2.95. The molecule has 2 rings (SSSR count). The van der Waals surface area contributed by atoms with Crippen LogP contribution >= 0.6 is 0 Å². The molecule has 4 nitrogen and oxygen atoms in total. The van der Waals surface area contributed by atoms with E-state index in [0.29, 0.717) is 12.8 Å². The van der Waals surface area contributed by atoms with Crippen LogP contribution in [0.5, 0.6) is 0 Å². The highest BCUT2D eigenvalue weighted by atomic mass is 16.4. The minimum atomic E-state index is -1.12. The second-order valence-corrected chi connectivity index (χ2v) is 8.55. The molecule has 6 unspecified atom stereocenters. The quantitative estimate of drug-likeness (QED) is 0.671. The van der Waals surface area contributed by atoms with Crippen molar-refractivity contribution in [1.29, 1.82) is 0 Å². The smallest absolute Gasteiger partial charge is 0.312 e. The lowest BCUT2D eigenvalue weighted by Gasteiger charge is -2.58. The minimum Gasteiger partial charge on any atom is -0.481 e. The summed E-state index contributed by atoms with van der Waals surface area (Å²) >= 11 is 0. The fourth-order valence-corrected chi connectivity index (χ4v) is 5.22. The van der Waals surface area contributed by atoms with Crippen molar-refractivity contribution < 1.29 is 20.1 Å². The maximum Gasteiger partial charge on any atom is 0.312 e. The Kier molecular flexibility index (Phi) is 5.04. The van der Waals surface area contributed by atoms with Crippen LogP contribution in [0.3, 0.4) is 0 Å². The Morgan fingerprint density at radius 1 is 1.42 bits per heavy atom. The summed E-state index contributed by atoms with van der Waals surface area (Å²) in [6, 6.07) is 0. The molecule has 0 aromatic rings. The van der Waals surface area contributed by atoms with Gasteiger partial charge in [0, 0.05) is 0 Å². The van der Waals surface area contributed by atoms with Gasteiger partial charge in [-0.3, -0.25) is 4.79 Å². The highest BCUT2D eigenvalue weighted by Crippen LogP contribution is 2.62. The minimum absolute atomic E-state index is 0.0876. The average molecular weight is 336 g/mol. The van der Waals surface area contributed by atoms with Crippen LogP contribution in [0.15, 0.2) is 24.8 Å². The van der Waals surface area contributed by atoms with E-state index in [1.54, 1.807) is 19.9 Å². The molecule has 2 aliphatic carbocycles. The highest BCUT2D eigenvalue weighted by Gasteiger charge is 2.61. The van der Waals surface area contributed by atoms with Gasteiger partial charge in [0.15, 0.2) is 0 Å². The van der Waals surface area contributed by atoms with Crippen molar-refractivity contribution in [2.24, 2.45) is 22.7 Å². The molecule has 2 fully saturated rings. The summed E-state index contributed by atoms with van der Waals surface area (Å²) in [5.74, 6) is -0.834. The molecule has 0 spiro atoms. The van der Waals surface area contributed by atoms with E-state index in [2.05, 4.69) is 20.1 Å². The Morgan fingerprint density at radius 3 is 2.58 bits per heavy atom. The van der Waals surface area contributed by atoms with Gasteiger partial charge < -0.3 is 15.3 Å². The lowest BCUT2D eigenvalue weighted by atomic mass is 9.46. The lowest BCUT2D eigenvalue weighted by Crippen LogP contribution is -2.59. The fraction of sp³-hybridized carbons (Fsp3) is 0.750. The fourth-order valence-electron chi connectivity index (χ4n) is 5.22. The van der Waals surface area contributed by atoms with Crippen LogP contribution in [0.2, 0.25) is 0 Å². The maximum absolute atomic E-state index is 12.0. The van der Waals surface area contributed by atoms with Gasteiger partial charge in [-0.2, -0.15) is 0 Å². The summed E-state index contributed by atoms with van der Waals surface area (Å²) in [6.45, 7) is 13.5. The standard InChI is InChI=1S/C20H32O4/c1-6-18(3,24)11-9-14-13(2)7-8-15-19(14,4)12-10-16(21)20(15,5)17(22)23/h6,14-16,21,24H,1-2,7-12H2,3-5H3,(H,22,23). The Bertz CT molecular complexity index is 538. The largest absolute Gasteiger partial charge is 0.481 e. The molecular formula is C20H32O4. The third-order valence-electron chi connectivity index (χ3n) is 7.05. The Morgan fingerprint density at radius 2 is 2.04 bits per heavy atom. The molecule has 0 radical (unpaired) electrons. The molecule has 0 bridgehead atoms. The molecule has 0 amide bonds. The normalized spacial score (nSPS) is 42.0. The summed E-state index contributed by atoms with van der Waals surface area (Å²) in [4.78, 5) is 12.0. The van der Waals surface area contributed by atoms with E-state index in [1.807, 2.05) is 0 Å². The van der Waals surface area contributed by atoms with Gasteiger partial charge in [0.05, 0.1) is 17.1 Å². The van der Waals surface area contributed by atoms with Crippen LogP contribution in [0.1, 0.15) is 59.3 Å². The maximum atomic E-state index is 12.0. The second-order valence-electron chi connectivity index (χ2n) is 8.55. The lowest BCUT2D eigenvalue weighted by molar-refractivity contribution is -0.183. The number of carboxylic acid groups (broad SMARTS) is 1. The highest BCUT2D eigenvalue weighted by molar-refractivity contribution is 5.76. The molecule has 4 heteroatoms. The number of allylic oxidation sites excluding steroid dienone is 1. The van der Waals surface area contributed by atoms with E-state index in [0.717, 1.165) is 31.3 Å². The molecule has 0 aliphatic heterocycles. The first-order valence-corrected chi connectivity index (χ1v) is 8.94. The molecule has 2 aliphatic rings.